The van der Waals surface area contributed by atoms with E-state index in [0.29, 0.717) is 0 Å². The van der Waals surface area contributed by atoms with Gasteiger partial charge in [0, 0.05) is 13.2 Å². The summed E-state index contributed by atoms with van der Waals surface area (Å²) in [6.07, 6.45) is 1.94. The van der Waals surface area contributed by atoms with Crippen molar-refractivity contribution in [3.05, 3.63) is 5.82 Å². The number of nitrogens with zero attached hydrogens (tertiary/aromatic N) is 2. The highest BCUT2D eigenvalue weighted by molar-refractivity contribution is 5.90. The predicted molar refractivity (Wildman–Crippen MR) is 52.1 cm³/mol. The highest BCUT2D eigenvalue weighted by atomic mass is 16.5. The summed E-state index contributed by atoms with van der Waals surface area (Å²) in [5.74, 6) is -0.0596. The Morgan fingerprint density at radius 3 is 2.93 bits per heavy atom. The number of nitrogen functional groups attached to an aromatic ring is 1. The fraction of sp³-hybridized carbons (Fsp3) is 0.625. The zero-order valence-electron chi connectivity index (χ0n) is 8.36. The summed E-state index contributed by atoms with van der Waals surface area (Å²) in [5, 5.41) is 8.83. The van der Waals surface area contributed by atoms with E-state index in [1.54, 1.807) is 7.11 Å². The van der Waals surface area contributed by atoms with Crippen LogP contribution in [0.1, 0.15) is 23.5 Å². The van der Waals surface area contributed by atoms with Gasteiger partial charge in [0.25, 0.3) is 5.91 Å². The Labute approximate surface area is 86.4 Å². The van der Waals surface area contributed by atoms with Crippen molar-refractivity contribution in [2.45, 2.75) is 25.0 Å². The third-order valence-corrected chi connectivity index (χ3v) is 2.48. The number of rotatable bonds is 3. The van der Waals surface area contributed by atoms with Gasteiger partial charge >= 0.3 is 0 Å². The number of ether oxygens (including phenoxy) is 1. The molecule has 0 bridgehead atoms. The minimum atomic E-state index is -0.279. The number of hydrogen-bond donors (Lipinski definition) is 3. The molecule has 2 rings (SSSR count). The smallest absolute Gasteiger partial charge is 0.288 e. The van der Waals surface area contributed by atoms with Crippen LogP contribution >= 0.6 is 0 Å². The van der Waals surface area contributed by atoms with Gasteiger partial charge in [-0.3, -0.25) is 9.89 Å². The third kappa shape index (κ3) is 2.07. The van der Waals surface area contributed by atoms with Crippen molar-refractivity contribution in [1.29, 1.82) is 0 Å². The summed E-state index contributed by atoms with van der Waals surface area (Å²) in [7, 11) is 1.67. The fourth-order valence-corrected chi connectivity index (χ4v) is 1.51. The predicted octanol–water partition coefficient (Wildman–Crippen LogP) is -0.706. The number of carbonyl (C=O) groups is 1. The molecule has 1 amide bonds. The molecule has 0 saturated heterocycles. The van der Waals surface area contributed by atoms with E-state index in [-0.39, 0.29) is 29.8 Å². The highest BCUT2D eigenvalue weighted by Gasteiger charge is 2.30. The van der Waals surface area contributed by atoms with Crippen LogP contribution in [0.15, 0.2) is 0 Å². The zero-order chi connectivity index (χ0) is 10.8. The van der Waals surface area contributed by atoms with Gasteiger partial charge in [-0.15, -0.1) is 5.10 Å². The second kappa shape index (κ2) is 3.85. The van der Waals surface area contributed by atoms with Gasteiger partial charge in [-0.25, -0.2) is 0 Å². The first-order valence-corrected chi connectivity index (χ1v) is 4.70. The second-order valence-electron chi connectivity index (χ2n) is 3.54. The number of carbonyl (C=O) groups excluding carboxylic acids is 1. The summed E-state index contributed by atoms with van der Waals surface area (Å²) in [4.78, 5) is 15.2. The summed E-state index contributed by atoms with van der Waals surface area (Å²) in [6, 6.07) is 0.161. The lowest BCUT2D eigenvalue weighted by Gasteiger charge is -2.34. The maximum absolute atomic E-state index is 11.5. The molecule has 0 aromatic carbocycles. The normalized spacial score (nSPS) is 24.6. The van der Waals surface area contributed by atoms with Gasteiger partial charge in [0.05, 0.1) is 6.10 Å². The molecular formula is C8H13N5O2. The van der Waals surface area contributed by atoms with Crippen LogP contribution < -0.4 is 11.1 Å². The van der Waals surface area contributed by atoms with E-state index in [2.05, 4.69) is 20.5 Å². The topological polar surface area (TPSA) is 106 Å². The van der Waals surface area contributed by atoms with Crippen LogP contribution in [0.25, 0.3) is 0 Å². The van der Waals surface area contributed by atoms with Gasteiger partial charge in [0.15, 0.2) is 0 Å². The number of H-pyrrole nitrogens is 1. The van der Waals surface area contributed by atoms with Crippen LogP contribution in [0.5, 0.6) is 0 Å². The quantitative estimate of drug-likeness (QED) is 0.612. The molecule has 1 aliphatic rings. The summed E-state index contributed by atoms with van der Waals surface area (Å²) < 4.78 is 5.10. The number of aromatic nitrogens is 3. The average molecular weight is 211 g/mol. The SMILES string of the molecule is COC1CC(NC(=O)c2nc(N)n[nH]2)C1. The number of aromatic amines is 1. The molecule has 1 fully saturated rings. The maximum atomic E-state index is 11.5. The molecule has 4 N–H and O–H groups in total. The van der Waals surface area contributed by atoms with Crippen LogP contribution in [0.3, 0.4) is 0 Å². The van der Waals surface area contributed by atoms with Crippen molar-refractivity contribution in [2.24, 2.45) is 0 Å². The molecule has 15 heavy (non-hydrogen) atoms. The molecule has 1 saturated carbocycles. The van der Waals surface area contributed by atoms with Crippen molar-refractivity contribution in [2.75, 3.05) is 12.8 Å². The van der Waals surface area contributed by atoms with Crippen LogP contribution in [0.4, 0.5) is 5.95 Å². The maximum Gasteiger partial charge on any atom is 0.288 e. The van der Waals surface area contributed by atoms with Crippen molar-refractivity contribution in [3.8, 4) is 0 Å². The van der Waals surface area contributed by atoms with E-state index in [1.807, 2.05) is 0 Å². The molecule has 0 radical (unpaired) electrons. The summed E-state index contributed by atoms with van der Waals surface area (Å²) in [5.41, 5.74) is 5.28. The molecule has 82 valence electrons. The van der Waals surface area contributed by atoms with Crippen molar-refractivity contribution < 1.29 is 9.53 Å². The summed E-state index contributed by atoms with van der Waals surface area (Å²) in [6.45, 7) is 0. The highest BCUT2D eigenvalue weighted by Crippen LogP contribution is 2.22. The Kier molecular flexibility index (Phi) is 2.55. The first kappa shape index (κ1) is 9.91. The second-order valence-corrected chi connectivity index (χ2v) is 3.54. The van der Waals surface area contributed by atoms with Crippen LogP contribution in [0, 0.1) is 0 Å². The lowest BCUT2D eigenvalue weighted by molar-refractivity contribution is 0.0174. The van der Waals surface area contributed by atoms with E-state index in [9.17, 15) is 4.79 Å². The lowest BCUT2D eigenvalue weighted by Crippen LogP contribution is -2.47. The van der Waals surface area contributed by atoms with E-state index < -0.39 is 0 Å². The third-order valence-electron chi connectivity index (χ3n) is 2.48. The van der Waals surface area contributed by atoms with Crippen molar-refractivity contribution >= 4 is 11.9 Å². The zero-order valence-corrected chi connectivity index (χ0v) is 8.36. The van der Waals surface area contributed by atoms with Gasteiger partial charge < -0.3 is 15.8 Å². The molecular weight excluding hydrogens is 198 g/mol. The largest absolute Gasteiger partial charge is 0.381 e. The monoisotopic (exact) mass is 211 g/mol. The molecule has 1 heterocycles. The van der Waals surface area contributed by atoms with Crippen LogP contribution in [-0.4, -0.2) is 40.3 Å². The standard InChI is InChI=1S/C8H13N5O2/c1-15-5-2-4(3-5)10-7(14)6-11-8(9)13-12-6/h4-5H,2-3H2,1H3,(H,10,14)(H3,9,11,12,13). The number of amides is 1. The van der Waals surface area contributed by atoms with E-state index in [4.69, 9.17) is 10.5 Å². The minimum absolute atomic E-state index is 0.0727. The molecule has 0 aliphatic heterocycles. The van der Waals surface area contributed by atoms with Gasteiger partial charge in [0.1, 0.15) is 0 Å². The molecule has 0 spiro atoms. The molecule has 1 aromatic rings. The van der Waals surface area contributed by atoms with Gasteiger partial charge in [-0.05, 0) is 12.8 Å². The number of nitrogens with two attached hydrogens (primary N) is 1. The first-order chi connectivity index (χ1) is 7.19. The van der Waals surface area contributed by atoms with Gasteiger partial charge in [-0.2, -0.15) is 4.98 Å². The summed E-state index contributed by atoms with van der Waals surface area (Å²) >= 11 is 0. The average Bonchev–Trinajstić information content (AvgIpc) is 2.57. The van der Waals surface area contributed by atoms with Crippen molar-refractivity contribution in [1.82, 2.24) is 20.5 Å². The van der Waals surface area contributed by atoms with Crippen molar-refractivity contribution in [3.63, 3.8) is 0 Å². The first-order valence-electron chi connectivity index (χ1n) is 4.70. The Bertz CT molecular complexity index is 358. The molecule has 1 aromatic heterocycles. The lowest BCUT2D eigenvalue weighted by atomic mass is 9.89. The number of nitrogens with one attached hydrogen (secondary N) is 2. The number of hydrogen-bond acceptors (Lipinski definition) is 5. The molecule has 7 nitrogen and oxygen atoms in total. The Morgan fingerprint density at radius 1 is 1.67 bits per heavy atom. The Hall–Kier alpha value is -1.63. The molecule has 7 heteroatoms. The van der Waals surface area contributed by atoms with E-state index >= 15 is 0 Å². The van der Waals surface area contributed by atoms with Crippen LogP contribution in [0.2, 0.25) is 0 Å². The van der Waals surface area contributed by atoms with E-state index in [0.717, 1.165) is 12.8 Å². The van der Waals surface area contributed by atoms with E-state index in [1.165, 1.54) is 0 Å². The molecule has 0 unspecified atom stereocenters. The van der Waals surface area contributed by atoms with Gasteiger partial charge in [-0.1, -0.05) is 0 Å². The molecule has 0 atom stereocenters. The van der Waals surface area contributed by atoms with Crippen LogP contribution in [-0.2, 0) is 4.74 Å². The van der Waals surface area contributed by atoms with Gasteiger partial charge in [0.2, 0.25) is 11.8 Å². The Morgan fingerprint density at radius 2 is 2.40 bits per heavy atom. The Balaban J connectivity index is 1.84. The fourth-order valence-electron chi connectivity index (χ4n) is 1.51. The molecule has 1 aliphatic carbocycles. The minimum Gasteiger partial charge on any atom is -0.381 e. The number of anilines is 1. The number of methoxy groups -OCH3 is 1.